The van der Waals surface area contributed by atoms with Crippen LogP contribution in [0.25, 0.3) is 0 Å². The van der Waals surface area contributed by atoms with Crippen LogP contribution in [0.15, 0.2) is 48.5 Å². The first kappa shape index (κ1) is 14.6. The van der Waals surface area contributed by atoms with Crippen molar-refractivity contribution in [1.82, 2.24) is 0 Å². The summed E-state index contributed by atoms with van der Waals surface area (Å²) in [6, 6.07) is 12.5. The number of esters is 1. The minimum Gasteiger partial charge on any atom is -0.494 e. The summed E-state index contributed by atoms with van der Waals surface area (Å²) in [4.78, 5) is 23.2. The molecule has 0 saturated heterocycles. The molecule has 0 aliphatic rings. The summed E-state index contributed by atoms with van der Waals surface area (Å²) >= 11 is 0. The maximum absolute atomic E-state index is 12.1. The van der Waals surface area contributed by atoms with E-state index >= 15 is 0 Å². The predicted octanol–water partition coefficient (Wildman–Crippen LogP) is 3.00. The van der Waals surface area contributed by atoms with Gasteiger partial charge in [-0.05, 0) is 31.2 Å². The fraction of sp³-hybridized carbons (Fsp3) is 0.125. The summed E-state index contributed by atoms with van der Waals surface area (Å²) in [5.74, 6) is -1.02. The van der Waals surface area contributed by atoms with Crippen molar-refractivity contribution in [2.75, 3.05) is 6.61 Å². The molecule has 0 fully saturated rings. The van der Waals surface area contributed by atoms with Gasteiger partial charge in [-0.3, -0.25) is 0 Å². The van der Waals surface area contributed by atoms with Crippen molar-refractivity contribution >= 4 is 11.9 Å². The molecule has 0 amide bonds. The Balaban J connectivity index is 2.22. The minimum atomic E-state index is -1.18. The SMILES string of the molecule is CCOc1cccc(OC(=O)c2ccccc2C(=O)O)c1. The molecule has 0 aliphatic heterocycles. The van der Waals surface area contributed by atoms with Crippen LogP contribution in [0.3, 0.4) is 0 Å². The number of hydrogen-bond donors (Lipinski definition) is 1. The topological polar surface area (TPSA) is 72.8 Å². The highest BCUT2D eigenvalue weighted by Gasteiger charge is 2.17. The van der Waals surface area contributed by atoms with Crippen molar-refractivity contribution in [1.29, 1.82) is 0 Å². The lowest BCUT2D eigenvalue weighted by Crippen LogP contribution is -2.14. The average molecular weight is 286 g/mol. The van der Waals surface area contributed by atoms with Gasteiger partial charge in [-0.15, -0.1) is 0 Å². The first-order valence-electron chi connectivity index (χ1n) is 6.39. The van der Waals surface area contributed by atoms with Gasteiger partial charge in [0.15, 0.2) is 0 Å². The molecule has 0 bridgehead atoms. The summed E-state index contributed by atoms with van der Waals surface area (Å²) in [6.45, 7) is 2.35. The number of aromatic carboxylic acids is 1. The number of carboxylic acid groups (broad SMARTS) is 1. The molecule has 2 aromatic carbocycles. The maximum atomic E-state index is 12.1. The van der Waals surface area contributed by atoms with Crippen LogP contribution in [0.4, 0.5) is 0 Å². The molecule has 0 atom stereocenters. The van der Waals surface area contributed by atoms with Crippen molar-refractivity contribution in [2.45, 2.75) is 6.92 Å². The molecule has 5 heteroatoms. The summed E-state index contributed by atoms with van der Waals surface area (Å²) in [5.41, 5.74) is -0.0877. The number of rotatable bonds is 5. The van der Waals surface area contributed by atoms with Crippen molar-refractivity contribution < 1.29 is 24.2 Å². The Kier molecular flexibility index (Phi) is 4.56. The average Bonchev–Trinajstić information content (AvgIpc) is 2.48. The van der Waals surface area contributed by atoms with E-state index in [9.17, 15) is 9.59 Å². The summed E-state index contributed by atoms with van der Waals surface area (Å²) in [5, 5.41) is 9.07. The monoisotopic (exact) mass is 286 g/mol. The lowest BCUT2D eigenvalue weighted by Gasteiger charge is -2.08. The van der Waals surface area contributed by atoms with Crippen LogP contribution >= 0.6 is 0 Å². The van der Waals surface area contributed by atoms with Crippen LogP contribution in [0.2, 0.25) is 0 Å². The van der Waals surface area contributed by atoms with Gasteiger partial charge in [-0.25, -0.2) is 9.59 Å². The molecule has 1 N–H and O–H groups in total. The van der Waals surface area contributed by atoms with Gasteiger partial charge in [0.1, 0.15) is 11.5 Å². The van der Waals surface area contributed by atoms with Gasteiger partial charge in [-0.1, -0.05) is 18.2 Å². The van der Waals surface area contributed by atoms with E-state index in [0.29, 0.717) is 18.1 Å². The molecule has 108 valence electrons. The first-order chi connectivity index (χ1) is 10.1. The Morgan fingerprint density at radius 1 is 1.00 bits per heavy atom. The van der Waals surface area contributed by atoms with Crippen LogP contribution in [0, 0.1) is 0 Å². The second kappa shape index (κ2) is 6.56. The van der Waals surface area contributed by atoms with Crippen LogP contribution in [-0.2, 0) is 0 Å². The van der Waals surface area contributed by atoms with Crippen molar-refractivity contribution in [2.24, 2.45) is 0 Å². The van der Waals surface area contributed by atoms with Gasteiger partial charge in [0.2, 0.25) is 0 Å². The molecule has 2 aromatic rings. The van der Waals surface area contributed by atoms with Crippen LogP contribution in [0.5, 0.6) is 11.5 Å². The zero-order valence-electron chi connectivity index (χ0n) is 11.4. The van der Waals surface area contributed by atoms with Gasteiger partial charge in [0.05, 0.1) is 17.7 Å². The van der Waals surface area contributed by atoms with E-state index in [4.69, 9.17) is 14.6 Å². The molecule has 0 saturated carbocycles. The lowest BCUT2D eigenvalue weighted by atomic mass is 10.1. The second-order valence-electron chi connectivity index (χ2n) is 4.15. The molecule has 2 rings (SSSR count). The third kappa shape index (κ3) is 3.60. The van der Waals surface area contributed by atoms with E-state index in [1.54, 1.807) is 36.4 Å². The molecular formula is C16H14O5. The Bertz CT molecular complexity index is 663. The van der Waals surface area contributed by atoms with E-state index in [2.05, 4.69) is 0 Å². The Labute approximate surface area is 121 Å². The van der Waals surface area contributed by atoms with Crippen molar-refractivity contribution in [3.05, 3.63) is 59.7 Å². The predicted molar refractivity (Wildman–Crippen MR) is 76.0 cm³/mol. The zero-order valence-corrected chi connectivity index (χ0v) is 11.4. The number of carbonyl (C=O) groups is 2. The number of hydrogen-bond acceptors (Lipinski definition) is 4. The molecule has 0 aromatic heterocycles. The molecule has 0 heterocycles. The van der Waals surface area contributed by atoms with Crippen molar-refractivity contribution in [3.8, 4) is 11.5 Å². The molecule has 0 aliphatic carbocycles. The smallest absolute Gasteiger partial charge is 0.344 e. The maximum Gasteiger partial charge on any atom is 0.344 e. The quantitative estimate of drug-likeness (QED) is 0.675. The van der Waals surface area contributed by atoms with Crippen LogP contribution in [-0.4, -0.2) is 23.7 Å². The minimum absolute atomic E-state index is 0.00631. The normalized spacial score (nSPS) is 9.95. The first-order valence-corrected chi connectivity index (χ1v) is 6.39. The van der Waals surface area contributed by atoms with E-state index in [0.717, 1.165) is 0 Å². The van der Waals surface area contributed by atoms with Crippen LogP contribution < -0.4 is 9.47 Å². The highest BCUT2D eigenvalue weighted by atomic mass is 16.5. The van der Waals surface area contributed by atoms with Gasteiger partial charge in [0, 0.05) is 6.07 Å². The molecular weight excluding hydrogens is 272 g/mol. The highest BCUT2D eigenvalue weighted by Crippen LogP contribution is 2.21. The summed E-state index contributed by atoms with van der Waals surface area (Å²) in [7, 11) is 0. The van der Waals surface area contributed by atoms with E-state index in [-0.39, 0.29) is 11.1 Å². The van der Waals surface area contributed by atoms with Crippen molar-refractivity contribution in [3.63, 3.8) is 0 Å². The van der Waals surface area contributed by atoms with Gasteiger partial charge >= 0.3 is 11.9 Å². The Hall–Kier alpha value is -2.82. The van der Waals surface area contributed by atoms with Gasteiger partial charge < -0.3 is 14.6 Å². The molecule has 0 spiro atoms. The Morgan fingerprint density at radius 3 is 2.33 bits per heavy atom. The number of benzene rings is 2. The summed E-state index contributed by atoms with van der Waals surface area (Å²) < 4.78 is 10.5. The lowest BCUT2D eigenvalue weighted by molar-refractivity contribution is 0.0667. The number of carbonyl (C=O) groups excluding carboxylic acids is 1. The second-order valence-corrected chi connectivity index (χ2v) is 4.15. The fourth-order valence-electron chi connectivity index (χ4n) is 1.80. The Morgan fingerprint density at radius 2 is 1.67 bits per heavy atom. The fourth-order valence-corrected chi connectivity index (χ4v) is 1.80. The summed E-state index contributed by atoms with van der Waals surface area (Å²) in [6.07, 6.45) is 0. The van der Waals surface area contributed by atoms with Gasteiger partial charge in [0.25, 0.3) is 0 Å². The molecule has 21 heavy (non-hydrogen) atoms. The van der Waals surface area contributed by atoms with E-state index < -0.39 is 11.9 Å². The standard InChI is InChI=1S/C16H14O5/c1-2-20-11-6-5-7-12(10-11)21-16(19)14-9-4-3-8-13(14)15(17)18/h3-10H,2H2,1H3,(H,17,18). The third-order valence-corrected chi connectivity index (χ3v) is 2.70. The number of ether oxygens (including phenoxy) is 2. The molecule has 0 radical (unpaired) electrons. The third-order valence-electron chi connectivity index (χ3n) is 2.70. The van der Waals surface area contributed by atoms with E-state index in [1.165, 1.54) is 12.1 Å². The molecule has 5 nitrogen and oxygen atoms in total. The zero-order chi connectivity index (χ0) is 15.2. The highest BCUT2D eigenvalue weighted by molar-refractivity contribution is 6.03. The van der Waals surface area contributed by atoms with Gasteiger partial charge in [-0.2, -0.15) is 0 Å². The molecule has 0 unspecified atom stereocenters. The largest absolute Gasteiger partial charge is 0.494 e. The van der Waals surface area contributed by atoms with Crippen LogP contribution in [0.1, 0.15) is 27.6 Å². The number of carboxylic acids is 1. The van der Waals surface area contributed by atoms with E-state index in [1.807, 2.05) is 6.92 Å².